The standard InChI is InChI=1S/C22H31NO4/c1-22(2,3)27-20(25)13-16-7-6-12-23(14-16)21-17(15-24)8-4-11-19(21)26-18-9-5-10-18/h4,8,11,15-16,18H,5-7,9-10,12-14H2,1-3H3/t16-/m0/s1. The van der Waals surface area contributed by atoms with Gasteiger partial charge in [-0.1, -0.05) is 6.07 Å². The van der Waals surface area contributed by atoms with Crippen molar-refractivity contribution in [2.75, 3.05) is 18.0 Å². The summed E-state index contributed by atoms with van der Waals surface area (Å²) in [6, 6.07) is 5.68. The van der Waals surface area contributed by atoms with Crippen molar-refractivity contribution in [3.05, 3.63) is 23.8 Å². The quantitative estimate of drug-likeness (QED) is 0.547. The molecule has 1 aliphatic carbocycles. The highest BCUT2D eigenvalue weighted by molar-refractivity contribution is 5.87. The minimum atomic E-state index is -0.459. The summed E-state index contributed by atoms with van der Waals surface area (Å²) in [5, 5.41) is 0. The molecule has 0 aromatic heterocycles. The Morgan fingerprint density at radius 2 is 2.00 bits per heavy atom. The van der Waals surface area contributed by atoms with Crippen LogP contribution in [0.5, 0.6) is 5.75 Å². The molecule has 5 heteroatoms. The zero-order valence-electron chi connectivity index (χ0n) is 16.7. The van der Waals surface area contributed by atoms with Crippen LogP contribution in [0.1, 0.15) is 69.7 Å². The van der Waals surface area contributed by atoms with Gasteiger partial charge in [-0.15, -0.1) is 0 Å². The van der Waals surface area contributed by atoms with Crippen molar-refractivity contribution in [2.24, 2.45) is 5.92 Å². The molecule has 2 fully saturated rings. The number of para-hydroxylation sites is 1. The Labute approximate surface area is 162 Å². The van der Waals surface area contributed by atoms with Crippen LogP contribution in [-0.4, -0.2) is 37.0 Å². The molecule has 0 spiro atoms. The van der Waals surface area contributed by atoms with Gasteiger partial charge in [0.2, 0.25) is 0 Å². The highest BCUT2D eigenvalue weighted by Crippen LogP contribution is 2.37. The van der Waals surface area contributed by atoms with Crippen LogP contribution in [0.15, 0.2) is 18.2 Å². The Hall–Kier alpha value is -2.04. The summed E-state index contributed by atoms with van der Waals surface area (Å²) in [6.07, 6.45) is 6.91. The highest BCUT2D eigenvalue weighted by atomic mass is 16.6. The molecule has 148 valence electrons. The fraction of sp³-hybridized carbons (Fsp3) is 0.636. The number of nitrogens with zero attached hydrogens (tertiary/aromatic N) is 1. The summed E-state index contributed by atoms with van der Waals surface area (Å²) in [6.45, 7) is 7.29. The molecule has 0 unspecified atom stereocenters. The van der Waals surface area contributed by atoms with E-state index in [1.54, 1.807) is 0 Å². The molecule has 0 amide bonds. The van der Waals surface area contributed by atoms with E-state index < -0.39 is 5.60 Å². The van der Waals surface area contributed by atoms with Crippen LogP contribution in [0.3, 0.4) is 0 Å². The van der Waals surface area contributed by atoms with Crippen molar-refractivity contribution in [1.82, 2.24) is 0 Å². The van der Waals surface area contributed by atoms with Gasteiger partial charge in [0, 0.05) is 18.7 Å². The van der Waals surface area contributed by atoms with E-state index in [1.165, 1.54) is 6.42 Å². The van der Waals surface area contributed by atoms with E-state index in [1.807, 2.05) is 39.0 Å². The van der Waals surface area contributed by atoms with Gasteiger partial charge in [0.05, 0.1) is 18.2 Å². The Balaban J connectivity index is 1.73. The lowest BCUT2D eigenvalue weighted by Gasteiger charge is -2.37. The van der Waals surface area contributed by atoms with Crippen LogP contribution in [0, 0.1) is 5.92 Å². The number of esters is 1. The van der Waals surface area contributed by atoms with Gasteiger partial charge in [-0.3, -0.25) is 9.59 Å². The molecule has 1 aromatic carbocycles. The summed E-state index contributed by atoms with van der Waals surface area (Å²) in [5.74, 6) is 0.871. The van der Waals surface area contributed by atoms with Gasteiger partial charge >= 0.3 is 5.97 Å². The minimum Gasteiger partial charge on any atom is -0.488 e. The maximum absolute atomic E-state index is 12.2. The molecule has 1 saturated heterocycles. The van der Waals surface area contributed by atoms with Gasteiger partial charge in [-0.25, -0.2) is 0 Å². The maximum Gasteiger partial charge on any atom is 0.306 e. The number of aldehydes is 1. The van der Waals surface area contributed by atoms with Crippen molar-refractivity contribution in [1.29, 1.82) is 0 Å². The van der Waals surface area contributed by atoms with Crippen molar-refractivity contribution in [3.63, 3.8) is 0 Å². The maximum atomic E-state index is 12.2. The molecule has 0 bridgehead atoms. The molecule has 27 heavy (non-hydrogen) atoms. The van der Waals surface area contributed by atoms with E-state index in [9.17, 15) is 9.59 Å². The molecule has 1 aromatic rings. The minimum absolute atomic E-state index is 0.149. The molecule has 1 heterocycles. The monoisotopic (exact) mass is 373 g/mol. The zero-order valence-corrected chi connectivity index (χ0v) is 16.7. The number of carbonyl (C=O) groups excluding carboxylic acids is 2. The summed E-state index contributed by atoms with van der Waals surface area (Å²) < 4.78 is 11.7. The van der Waals surface area contributed by atoms with Crippen LogP contribution < -0.4 is 9.64 Å². The number of hydrogen-bond acceptors (Lipinski definition) is 5. The largest absolute Gasteiger partial charge is 0.488 e. The lowest BCUT2D eigenvalue weighted by Crippen LogP contribution is -2.38. The number of carbonyl (C=O) groups is 2. The molecule has 2 aliphatic rings. The summed E-state index contributed by atoms with van der Waals surface area (Å²) in [4.78, 5) is 26.1. The number of piperidine rings is 1. The van der Waals surface area contributed by atoms with Crippen molar-refractivity contribution >= 4 is 17.9 Å². The Morgan fingerprint density at radius 1 is 1.22 bits per heavy atom. The molecular weight excluding hydrogens is 342 g/mol. The first kappa shape index (κ1) is 19.7. The molecule has 5 nitrogen and oxygen atoms in total. The lowest BCUT2D eigenvalue weighted by atomic mass is 9.93. The number of ether oxygens (including phenoxy) is 2. The van der Waals surface area contributed by atoms with Gasteiger partial charge < -0.3 is 14.4 Å². The van der Waals surface area contributed by atoms with Gasteiger partial charge in [0.15, 0.2) is 6.29 Å². The van der Waals surface area contributed by atoms with Crippen LogP contribution in [0.25, 0.3) is 0 Å². The van der Waals surface area contributed by atoms with Crippen molar-refractivity contribution < 1.29 is 19.1 Å². The normalized spacial score (nSPS) is 20.7. The Kier molecular flexibility index (Phi) is 6.08. The molecule has 1 atom stereocenters. The van der Waals surface area contributed by atoms with E-state index in [-0.39, 0.29) is 18.0 Å². The van der Waals surface area contributed by atoms with Crippen LogP contribution in [-0.2, 0) is 9.53 Å². The topological polar surface area (TPSA) is 55.8 Å². The van der Waals surface area contributed by atoms with Crippen molar-refractivity contribution in [3.8, 4) is 5.75 Å². The number of rotatable bonds is 6. The van der Waals surface area contributed by atoms with Gasteiger partial charge in [-0.05, 0) is 70.9 Å². The third-order valence-corrected chi connectivity index (χ3v) is 5.21. The molecule has 0 radical (unpaired) electrons. The Morgan fingerprint density at radius 3 is 2.63 bits per heavy atom. The third kappa shape index (κ3) is 5.24. The van der Waals surface area contributed by atoms with Crippen molar-refractivity contribution in [2.45, 2.75) is 71.0 Å². The summed E-state index contributed by atoms with van der Waals surface area (Å²) in [7, 11) is 0. The highest BCUT2D eigenvalue weighted by Gasteiger charge is 2.29. The molecule has 0 N–H and O–H groups in total. The smallest absolute Gasteiger partial charge is 0.306 e. The first-order chi connectivity index (χ1) is 12.9. The summed E-state index contributed by atoms with van der Waals surface area (Å²) >= 11 is 0. The third-order valence-electron chi connectivity index (χ3n) is 5.21. The SMILES string of the molecule is CC(C)(C)OC(=O)C[C@@H]1CCCN(c2c(C=O)cccc2OC2CCC2)C1. The predicted octanol–water partition coefficient (Wildman–Crippen LogP) is 4.38. The first-order valence-corrected chi connectivity index (χ1v) is 10.1. The first-order valence-electron chi connectivity index (χ1n) is 10.1. The Bertz CT molecular complexity index is 675. The second-order valence-electron chi connectivity index (χ2n) is 8.73. The second-order valence-corrected chi connectivity index (χ2v) is 8.73. The number of benzene rings is 1. The van der Waals surface area contributed by atoms with Gasteiger partial charge in [0.25, 0.3) is 0 Å². The lowest BCUT2D eigenvalue weighted by molar-refractivity contribution is -0.156. The zero-order chi connectivity index (χ0) is 19.4. The van der Waals surface area contributed by atoms with Gasteiger partial charge in [-0.2, -0.15) is 0 Å². The average Bonchev–Trinajstić information content (AvgIpc) is 2.56. The van der Waals surface area contributed by atoms with Crippen LogP contribution >= 0.6 is 0 Å². The number of anilines is 1. The second kappa shape index (κ2) is 8.32. The van der Waals surface area contributed by atoms with E-state index in [4.69, 9.17) is 9.47 Å². The van der Waals surface area contributed by atoms with Gasteiger partial charge in [0.1, 0.15) is 11.4 Å². The average molecular weight is 373 g/mol. The molecule has 1 aliphatic heterocycles. The predicted molar refractivity (Wildman–Crippen MR) is 105 cm³/mol. The number of hydrogen-bond donors (Lipinski definition) is 0. The molecule has 1 saturated carbocycles. The van der Waals surface area contributed by atoms with Crippen LogP contribution in [0.2, 0.25) is 0 Å². The fourth-order valence-corrected chi connectivity index (χ4v) is 3.79. The van der Waals surface area contributed by atoms with E-state index in [0.717, 1.165) is 56.5 Å². The molecular formula is C22H31NO4. The van der Waals surface area contributed by atoms with E-state index in [0.29, 0.717) is 12.0 Å². The fourth-order valence-electron chi connectivity index (χ4n) is 3.79. The summed E-state index contributed by atoms with van der Waals surface area (Å²) in [5.41, 5.74) is 1.08. The molecule has 3 rings (SSSR count). The van der Waals surface area contributed by atoms with Crippen LogP contribution in [0.4, 0.5) is 5.69 Å². The van der Waals surface area contributed by atoms with E-state index in [2.05, 4.69) is 4.90 Å². The van der Waals surface area contributed by atoms with E-state index >= 15 is 0 Å².